The van der Waals surface area contributed by atoms with Crippen LogP contribution >= 0.6 is 0 Å². The van der Waals surface area contributed by atoms with Crippen molar-refractivity contribution in [1.29, 1.82) is 0 Å². The first-order chi connectivity index (χ1) is 7.83. The quantitative estimate of drug-likeness (QED) is 0.735. The van der Waals surface area contributed by atoms with Crippen molar-refractivity contribution in [3.8, 4) is 11.5 Å². The van der Waals surface area contributed by atoms with E-state index in [1.165, 1.54) is 6.07 Å². The maximum absolute atomic E-state index is 13.7. The van der Waals surface area contributed by atoms with E-state index in [-0.39, 0.29) is 5.82 Å². The zero-order valence-corrected chi connectivity index (χ0v) is 8.87. The molecule has 2 aliphatic rings. The standard InChI is InChI=1S/C12H13FO3/c13-10-6-12-11(14-3-4-15-12)5-8(10)1-2-9-7-16-9/h5-6,9H,1-4,7H2. The molecule has 2 heterocycles. The topological polar surface area (TPSA) is 31.0 Å². The molecule has 1 atom stereocenters. The summed E-state index contributed by atoms with van der Waals surface area (Å²) in [5, 5.41) is 0. The van der Waals surface area contributed by atoms with E-state index in [9.17, 15) is 4.39 Å². The minimum Gasteiger partial charge on any atom is -0.486 e. The molecule has 0 aromatic heterocycles. The van der Waals surface area contributed by atoms with Gasteiger partial charge in [0.15, 0.2) is 11.5 Å². The molecule has 0 radical (unpaired) electrons. The van der Waals surface area contributed by atoms with Crippen LogP contribution in [0.15, 0.2) is 12.1 Å². The van der Waals surface area contributed by atoms with Crippen molar-refractivity contribution in [2.24, 2.45) is 0 Å². The second-order valence-electron chi connectivity index (χ2n) is 4.08. The van der Waals surface area contributed by atoms with Crippen LogP contribution in [0.3, 0.4) is 0 Å². The third-order valence-electron chi connectivity index (χ3n) is 2.85. The molecule has 1 fully saturated rings. The number of aryl methyl sites for hydroxylation is 1. The van der Waals surface area contributed by atoms with Gasteiger partial charge < -0.3 is 14.2 Å². The molecule has 0 amide bonds. The Balaban J connectivity index is 1.80. The molecule has 0 saturated carbocycles. The highest BCUT2D eigenvalue weighted by Crippen LogP contribution is 2.33. The highest BCUT2D eigenvalue weighted by Gasteiger charge is 2.23. The van der Waals surface area contributed by atoms with Crippen molar-refractivity contribution in [3.63, 3.8) is 0 Å². The summed E-state index contributed by atoms with van der Waals surface area (Å²) in [5.74, 6) is 0.944. The van der Waals surface area contributed by atoms with Crippen molar-refractivity contribution < 1.29 is 18.6 Å². The molecule has 0 N–H and O–H groups in total. The SMILES string of the molecule is Fc1cc2c(cc1CCC1CO1)OCCO2. The molecule has 3 nitrogen and oxygen atoms in total. The predicted molar refractivity (Wildman–Crippen MR) is 55.5 cm³/mol. The molecule has 1 aromatic carbocycles. The van der Waals surface area contributed by atoms with E-state index in [1.54, 1.807) is 6.07 Å². The van der Waals surface area contributed by atoms with Crippen LogP contribution in [0.25, 0.3) is 0 Å². The van der Waals surface area contributed by atoms with Gasteiger partial charge in [0.05, 0.1) is 12.7 Å². The molecule has 86 valence electrons. The van der Waals surface area contributed by atoms with Crippen LogP contribution < -0.4 is 9.47 Å². The van der Waals surface area contributed by atoms with Gasteiger partial charge in [0.25, 0.3) is 0 Å². The van der Waals surface area contributed by atoms with E-state index >= 15 is 0 Å². The van der Waals surface area contributed by atoms with Crippen LogP contribution in [0.2, 0.25) is 0 Å². The molecule has 2 aliphatic heterocycles. The first kappa shape index (κ1) is 9.90. The molecular weight excluding hydrogens is 211 g/mol. The fourth-order valence-electron chi connectivity index (χ4n) is 1.85. The smallest absolute Gasteiger partial charge is 0.164 e. The summed E-state index contributed by atoms with van der Waals surface area (Å²) in [6, 6.07) is 3.16. The largest absolute Gasteiger partial charge is 0.486 e. The van der Waals surface area contributed by atoms with Crippen LogP contribution in [-0.2, 0) is 11.2 Å². The Morgan fingerprint density at radius 2 is 1.88 bits per heavy atom. The number of hydrogen-bond donors (Lipinski definition) is 0. The molecule has 1 unspecified atom stereocenters. The maximum atomic E-state index is 13.7. The van der Waals surface area contributed by atoms with E-state index in [0.29, 0.717) is 42.8 Å². The van der Waals surface area contributed by atoms with E-state index in [1.807, 2.05) is 0 Å². The van der Waals surface area contributed by atoms with E-state index in [2.05, 4.69) is 0 Å². The number of rotatable bonds is 3. The first-order valence-electron chi connectivity index (χ1n) is 5.52. The van der Waals surface area contributed by atoms with Crippen molar-refractivity contribution >= 4 is 0 Å². The second kappa shape index (κ2) is 3.94. The van der Waals surface area contributed by atoms with Crippen molar-refractivity contribution in [1.82, 2.24) is 0 Å². The molecule has 4 heteroatoms. The lowest BCUT2D eigenvalue weighted by atomic mass is 10.1. The number of epoxide rings is 1. The fourth-order valence-corrected chi connectivity index (χ4v) is 1.85. The van der Waals surface area contributed by atoms with Gasteiger partial charge in [-0.25, -0.2) is 4.39 Å². The van der Waals surface area contributed by atoms with Crippen LogP contribution in [0, 0.1) is 5.82 Å². The summed E-state index contributed by atoms with van der Waals surface area (Å²) in [7, 11) is 0. The fraction of sp³-hybridized carbons (Fsp3) is 0.500. The van der Waals surface area contributed by atoms with Crippen molar-refractivity contribution in [3.05, 3.63) is 23.5 Å². The normalized spacial score (nSPS) is 21.9. The number of halogens is 1. The van der Waals surface area contributed by atoms with E-state index < -0.39 is 0 Å². The van der Waals surface area contributed by atoms with Crippen LogP contribution in [-0.4, -0.2) is 25.9 Å². The zero-order valence-electron chi connectivity index (χ0n) is 8.87. The van der Waals surface area contributed by atoms with Gasteiger partial charge >= 0.3 is 0 Å². The third kappa shape index (κ3) is 1.97. The van der Waals surface area contributed by atoms with Crippen molar-refractivity contribution in [2.75, 3.05) is 19.8 Å². The Morgan fingerprint density at radius 3 is 2.56 bits per heavy atom. The van der Waals surface area contributed by atoms with Gasteiger partial charge in [0, 0.05) is 6.07 Å². The molecular formula is C12H13FO3. The molecule has 1 saturated heterocycles. The average Bonchev–Trinajstić information content (AvgIpc) is 3.10. The Kier molecular flexibility index (Phi) is 2.44. The summed E-state index contributed by atoms with van der Waals surface area (Å²) in [6.45, 7) is 1.83. The zero-order chi connectivity index (χ0) is 11.0. The predicted octanol–water partition coefficient (Wildman–Crippen LogP) is 1.93. The molecule has 16 heavy (non-hydrogen) atoms. The van der Waals surface area contributed by atoms with E-state index in [4.69, 9.17) is 14.2 Å². The Morgan fingerprint density at radius 1 is 1.19 bits per heavy atom. The van der Waals surface area contributed by atoms with Crippen molar-refractivity contribution in [2.45, 2.75) is 18.9 Å². The van der Waals surface area contributed by atoms with Gasteiger partial charge in [-0.2, -0.15) is 0 Å². The maximum Gasteiger partial charge on any atom is 0.164 e. The summed E-state index contributed by atoms with van der Waals surface area (Å²) in [6.07, 6.45) is 1.89. The van der Waals surface area contributed by atoms with Crippen LogP contribution in [0.4, 0.5) is 4.39 Å². The lowest BCUT2D eigenvalue weighted by molar-refractivity contribution is 0.170. The Bertz CT molecular complexity index is 401. The number of fused-ring (bicyclic) bond motifs is 1. The highest BCUT2D eigenvalue weighted by atomic mass is 19.1. The minimum atomic E-state index is -0.218. The Hall–Kier alpha value is -1.29. The average molecular weight is 224 g/mol. The molecule has 0 spiro atoms. The van der Waals surface area contributed by atoms with Gasteiger partial charge in [-0.15, -0.1) is 0 Å². The second-order valence-corrected chi connectivity index (χ2v) is 4.08. The summed E-state index contributed by atoms with van der Waals surface area (Å²) < 4.78 is 29.5. The lowest BCUT2D eigenvalue weighted by Crippen LogP contribution is -2.16. The number of hydrogen-bond acceptors (Lipinski definition) is 3. The van der Waals surface area contributed by atoms with Gasteiger partial charge in [0.1, 0.15) is 19.0 Å². The minimum absolute atomic E-state index is 0.218. The summed E-state index contributed by atoms with van der Waals surface area (Å²) in [5.41, 5.74) is 0.680. The Labute approximate surface area is 93.1 Å². The molecule has 3 rings (SSSR count). The van der Waals surface area contributed by atoms with Gasteiger partial charge in [0.2, 0.25) is 0 Å². The van der Waals surface area contributed by atoms with Gasteiger partial charge in [-0.1, -0.05) is 0 Å². The monoisotopic (exact) mass is 224 g/mol. The van der Waals surface area contributed by atoms with Gasteiger partial charge in [-0.3, -0.25) is 0 Å². The number of ether oxygens (including phenoxy) is 3. The van der Waals surface area contributed by atoms with Crippen LogP contribution in [0.5, 0.6) is 11.5 Å². The molecule has 0 aliphatic carbocycles. The van der Waals surface area contributed by atoms with Crippen LogP contribution in [0.1, 0.15) is 12.0 Å². The summed E-state index contributed by atoms with van der Waals surface area (Å²) >= 11 is 0. The number of benzene rings is 1. The van der Waals surface area contributed by atoms with Gasteiger partial charge in [-0.05, 0) is 24.5 Å². The summed E-state index contributed by atoms with van der Waals surface area (Å²) in [4.78, 5) is 0. The highest BCUT2D eigenvalue weighted by molar-refractivity contribution is 5.44. The molecule has 1 aromatic rings. The lowest BCUT2D eigenvalue weighted by Gasteiger charge is -2.19. The van der Waals surface area contributed by atoms with E-state index in [0.717, 1.165) is 13.0 Å². The molecule has 0 bridgehead atoms. The third-order valence-corrected chi connectivity index (χ3v) is 2.85. The first-order valence-corrected chi connectivity index (χ1v) is 5.52.